The zero-order chi connectivity index (χ0) is 23.8. The van der Waals surface area contributed by atoms with Crippen LogP contribution in [0.5, 0.6) is 5.75 Å². The standard InChI is InChI=1S/C27H36N4O3/c1-33-19-26-24-11-10-23(34-2)17-25(24)27(30-29-26)28-22-12-14-31(15-13-22)18-21-8-6-20(7-9-21)5-3-4-16-32/h6-11,17,22,32H,3-5,12-16,18-19H2,1-2H3,(H,28,30). The lowest BCUT2D eigenvalue weighted by Gasteiger charge is -2.32. The fourth-order valence-electron chi connectivity index (χ4n) is 4.61. The van der Waals surface area contributed by atoms with Crippen LogP contribution in [0.2, 0.25) is 0 Å². The van der Waals surface area contributed by atoms with Gasteiger partial charge in [0.15, 0.2) is 5.82 Å². The van der Waals surface area contributed by atoms with E-state index in [9.17, 15) is 0 Å². The molecule has 0 saturated carbocycles. The number of hydrogen-bond donors (Lipinski definition) is 2. The summed E-state index contributed by atoms with van der Waals surface area (Å²) >= 11 is 0. The van der Waals surface area contributed by atoms with E-state index in [-0.39, 0.29) is 6.61 Å². The van der Waals surface area contributed by atoms with Gasteiger partial charge in [-0.2, -0.15) is 5.10 Å². The van der Waals surface area contributed by atoms with E-state index in [0.717, 1.165) is 79.8 Å². The van der Waals surface area contributed by atoms with Crippen molar-refractivity contribution in [3.63, 3.8) is 0 Å². The zero-order valence-corrected chi connectivity index (χ0v) is 20.3. The summed E-state index contributed by atoms with van der Waals surface area (Å²) in [6.45, 7) is 3.78. The van der Waals surface area contributed by atoms with Crippen LogP contribution in [-0.4, -0.2) is 60.2 Å². The molecule has 0 atom stereocenters. The first-order valence-electron chi connectivity index (χ1n) is 12.2. The minimum atomic E-state index is 0.277. The second kappa shape index (κ2) is 12.1. The average molecular weight is 465 g/mol. The van der Waals surface area contributed by atoms with Crippen LogP contribution in [0.3, 0.4) is 0 Å². The second-order valence-electron chi connectivity index (χ2n) is 9.03. The summed E-state index contributed by atoms with van der Waals surface area (Å²) in [5.41, 5.74) is 3.54. The first-order valence-corrected chi connectivity index (χ1v) is 12.2. The van der Waals surface area contributed by atoms with E-state index in [1.807, 2.05) is 18.2 Å². The van der Waals surface area contributed by atoms with Crippen molar-refractivity contribution in [1.82, 2.24) is 15.1 Å². The number of aryl methyl sites for hydroxylation is 1. The number of unbranched alkanes of at least 4 members (excludes halogenated alkanes) is 1. The Balaban J connectivity index is 1.34. The Morgan fingerprint density at radius 3 is 2.44 bits per heavy atom. The number of likely N-dealkylation sites (tertiary alicyclic amines) is 1. The molecule has 1 fully saturated rings. The van der Waals surface area contributed by atoms with Crippen molar-refractivity contribution in [2.75, 3.05) is 39.2 Å². The van der Waals surface area contributed by atoms with E-state index in [1.54, 1.807) is 14.2 Å². The first-order chi connectivity index (χ1) is 16.7. The molecule has 0 unspecified atom stereocenters. The van der Waals surface area contributed by atoms with Gasteiger partial charge in [0.05, 0.1) is 19.4 Å². The minimum absolute atomic E-state index is 0.277. The number of nitrogens with zero attached hydrogens (tertiary/aromatic N) is 3. The monoisotopic (exact) mass is 464 g/mol. The van der Waals surface area contributed by atoms with Crippen molar-refractivity contribution in [1.29, 1.82) is 0 Å². The molecule has 0 aliphatic carbocycles. The van der Waals surface area contributed by atoms with Crippen molar-refractivity contribution >= 4 is 16.6 Å². The number of anilines is 1. The summed E-state index contributed by atoms with van der Waals surface area (Å²) in [7, 11) is 3.35. The third kappa shape index (κ3) is 6.23. The molecule has 1 aliphatic heterocycles. The molecule has 182 valence electrons. The van der Waals surface area contributed by atoms with Crippen LogP contribution in [0, 0.1) is 0 Å². The Morgan fingerprint density at radius 1 is 0.971 bits per heavy atom. The number of hydrogen-bond acceptors (Lipinski definition) is 7. The van der Waals surface area contributed by atoms with Crippen molar-refractivity contribution in [3.8, 4) is 5.75 Å². The fourth-order valence-corrected chi connectivity index (χ4v) is 4.61. The summed E-state index contributed by atoms with van der Waals surface area (Å²) in [6.07, 6.45) is 5.07. The molecule has 2 N–H and O–H groups in total. The summed E-state index contributed by atoms with van der Waals surface area (Å²) in [6, 6.07) is 15.3. The van der Waals surface area contributed by atoms with E-state index in [0.29, 0.717) is 12.6 Å². The van der Waals surface area contributed by atoms with Gasteiger partial charge in [-0.3, -0.25) is 4.90 Å². The molecule has 7 heteroatoms. The molecule has 0 bridgehead atoms. The maximum absolute atomic E-state index is 8.94. The highest BCUT2D eigenvalue weighted by Crippen LogP contribution is 2.29. The largest absolute Gasteiger partial charge is 0.497 e. The molecule has 2 heterocycles. The lowest BCUT2D eigenvalue weighted by molar-refractivity contribution is 0.182. The van der Waals surface area contributed by atoms with E-state index in [1.165, 1.54) is 11.1 Å². The van der Waals surface area contributed by atoms with Gasteiger partial charge in [-0.05, 0) is 61.4 Å². The van der Waals surface area contributed by atoms with Gasteiger partial charge in [-0.15, -0.1) is 5.10 Å². The maximum atomic E-state index is 8.94. The van der Waals surface area contributed by atoms with Gasteiger partial charge in [-0.1, -0.05) is 24.3 Å². The molecule has 1 aromatic heterocycles. The second-order valence-corrected chi connectivity index (χ2v) is 9.03. The van der Waals surface area contributed by atoms with Crippen LogP contribution < -0.4 is 10.1 Å². The Bertz CT molecular complexity index is 1050. The highest BCUT2D eigenvalue weighted by Gasteiger charge is 2.21. The lowest BCUT2D eigenvalue weighted by Crippen LogP contribution is -2.38. The maximum Gasteiger partial charge on any atom is 0.156 e. The number of ether oxygens (including phenoxy) is 2. The predicted octanol–water partition coefficient (Wildman–Crippen LogP) is 4.18. The average Bonchev–Trinajstić information content (AvgIpc) is 2.87. The van der Waals surface area contributed by atoms with Crippen LogP contribution >= 0.6 is 0 Å². The van der Waals surface area contributed by atoms with Crippen molar-refractivity contribution in [3.05, 3.63) is 59.3 Å². The number of methoxy groups -OCH3 is 2. The highest BCUT2D eigenvalue weighted by molar-refractivity contribution is 5.94. The summed E-state index contributed by atoms with van der Waals surface area (Å²) < 4.78 is 10.7. The molecule has 7 nitrogen and oxygen atoms in total. The quantitative estimate of drug-likeness (QED) is 0.412. The van der Waals surface area contributed by atoms with Gasteiger partial charge in [-0.25, -0.2) is 0 Å². The van der Waals surface area contributed by atoms with E-state index < -0.39 is 0 Å². The Kier molecular flexibility index (Phi) is 8.68. The zero-order valence-electron chi connectivity index (χ0n) is 20.3. The predicted molar refractivity (Wildman–Crippen MR) is 135 cm³/mol. The van der Waals surface area contributed by atoms with Crippen LogP contribution in [0.15, 0.2) is 42.5 Å². The number of aliphatic hydroxyl groups is 1. The summed E-state index contributed by atoms with van der Waals surface area (Å²) in [5.74, 6) is 1.62. The molecule has 1 saturated heterocycles. The van der Waals surface area contributed by atoms with Crippen LogP contribution in [0.4, 0.5) is 5.82 Å². The third-order valence-electron chi connectivity index (χ3n) is 6.58. The molecule has 0 amide bonds. The third-order valence-corrected chi connectivity index (χ3v) is 6.58. The first kappa shape index (κ1) is 24.4. The number of fused-ring (bicyclic) bond motifs is 1. The van der Waals surface area contributed by atoms with Gasteiger partial charge < -0.3 is 19.9 Å². The number of rotatable bonds is 11. The van der Waals surface area contributed by atoms with E-state index in [2.05, 4.69) is 44.7 Å². The Morgan fingerprint density at radius 2 is 1.74 bits per heavy atom. The Hall–Kier alpha value is -2.74. The van der Waals surface area contributed by atoms with Crippen molar-refractivity contribution in [2.24, 2.45) is 0 Å². The summed E-state index contributed by atoms with van der Waals surface area (Å²) in [5, 5.41) is 23.6. The topological polar surface area (TPSA) is 79.7 Å². The lowest BCUT2D eigenvalue weighted by atomic mass is 10.0. The van der Waals surface area contributed by atoms with Gasteiger partial charge in [0.1, 0.15) is 5.75 Å². The molecule has 34 heavy (non-hydrogen) atoms. The number of benzene rings is 2. The molecule has 3 aromatic rings. The molecular formula is C27H36N4O3. The van der Waals surface area contributed by atoms with Gasteiger partial charge in [0, 0.05) is 50.2 Å². The molecule has 1 aliphatic rings. The van der Waals surface area contributed by atoms with E-state index >= 15 is 0 Å². The van der Waals surface area contributed by atoms with Crippen LogP contribution in [0.1, 0.15) is 42.5 Å². The Labute approximate surface area is 202 Å². The molecule has 0 spiro atoms. The SMILES string of the molecule is COCc1nnc(NC2CCN(Cc3ccc(CCCCO)cc3)CC2)c2cc(OC)ccc12. The normalized spacial score (nSPS) is 15.0. The van der Waals surface area contributed by atoms with Gasteiger partial charge in [0.2, 0.25) is 0 Å². The minimum Gasteiger partial charge on any atom is -0.497 e. The van der Waals surface area contributed by atoms with Crippen molar-refractivity contribution in [2.45, 2.75) is 51.3 Å². The van der Waals surface area contributed by atoms with Crippen molar-refractivity contribution < 1.29 is 14.6 Å². The van der Waals surface area contributed by atoms with Crippen LogP contribution in [-0.2, 0) is 24.3 Å². The number of aliphatic hydroxyl groups excluding tert-OH is 1. The summed E-state index contributed by atoms with van der Waals surface area (Å²) in [4.78, 5) is 2.52. The molecular weight excluding hydrogens is 428 g/mol. The van der Waals surface area contributed by atoms with Gasteiger partial charge in [0.25, 0.3) is 0 Å². The highest BCUT2D eigenvalue weighted by atomic mass is 16.5. The molecule has 0 radical (unpaired) electrons. The van der Waals surface area contributed by atoms with Crippen LogP contribution in [0.25, 0.3) is 10.8 Å². The molecule has 4 rings (SSSR count). The van der Waals surface area contributed by atoms with Gasteiger partial charge >= 0.3 is 0 Å². The fraction of sp³-hybridized carbons (Fsp3) is 0.481. The number of piperidine rings is 1. The molecule has 2 aromatic carbocycles. The van der Waals surface area contributed by atoms with E-state index in [4.69, 9.17) is 14.6 Å². The number of aromatic nitrogens is 2. The number of nitrogens with one attached hydrogen (secondary N) is 1. The smallest absolute Gasteiger partial charge is 0.156 e.